The Balaban J connectivity index is 1.98. The van der Waals surface area contributed by atoms with E-state index >= 15 is 0 Å². The molecule has 1 aromatic heterocycles. The molecule has 0 saturated carbocycles. The number of unbranched alkanes of at least 4 members (excludes halogenated alkanes) is 3. The molecule has 27 heavy (non-hydrogen) atoms. The van der Waals surface area contributed by atoms with Crippen LogP contribution >= 0.6 is 0 Å². The number of pyridine rings is 1. The molecule has 150 valence electrons. The zero-order valence-corrected chi connectivity index (χ0v) is 17.8. The Morgan fingerprint density at radius 2 is 1.89 bits per heavy atom. The molecule has 0 spiro atoms. The number of nitrogen functional groups attached to an aromatic ring is 1. The lowest BCUT2D eigenvalue weighted by Gasteiger charge is -2.31. The second-order valence-corrected chi connectivity index (χ2v) is 8.46. The first-order chi connectivity index (χ1) is 12.8. The van der Waals surface area contributed by atoms with Gasteiger partial charge in [-0.05, 0) is 77.7 Å². The molecule has 1 heterocycles. The third kappa shape index (κ3) is 6.39. The third-order valence-corrected chi connectivity index (χ3v) is 5.28. The molecule has 2 N–H and O–H groups in total. The van der Waals surface area contributed by atoms with Crippen LogP contribution in [0.4, 0.5) is 5.82 Å². The minimum absolute atomic E-state index is 0.245. The highest BCUT2D eigenvalue weighted by Gasteiger charge is 2.15. The van der Waals surface area contributed by atoms with Crippen LogP contribution in [0.5, 0.6) is 5.75 Å². The molecule has 2 rings (SSSR count). The Labute approximate surface area is 165 Å². The molecule has 0 unspecified atom stereocenters. The van der Waals surface area contributed by atoms with Gasteiger partial charge in [-0.1, -0.05) is 31.9 Å². The van der Waals surface area contributed by atoms with Crippen LogP contribution in [0.1, 0.15) is 65.4 Å². The number of aromatic nitrogens is 1. The summed E-state index contributed by atoms with van der Waals surface area (Å²) in [6.07, 6.45) is 6.86. The van der Waals surface area contributed by atoms with E-state index in [2.05, 4.69) is 62.8 Å². The molecule has 4 heteroatoms. The third-order valence-electron chi connectivity index (χ3n) is 5.28. The molecule has 1 aromatic carbocycles. The predicted octanol–water partition coefficient (Wildman–Crippen LogP) is 5.44. The van der Waals surface area contributed by atoms with Gasteiger partial charge in [0.1, 0.15) is 0 Å². The van der Waals surface area contributed by atoms with Crippen LogP contribution in [-0.2, 0) is 6.42 Å². The van der Waals surface area contributed by atoms with Gasteiger partial charge in [-0.2, -0.15) is 0 Å². The van der Waals surface area contributed by atoms with Gasteiger partial charge in [0.2, 0.25) is 0 Å². The molecule has 0 amide bonds. The normalized spacial score (nSPS) is 12.1. The summed E-state index contributed by atoms with van der Waals surface area (Å²) in [7, 11) is 2.21. The van der Waals surface area contributed by atoms with E-state index in [1.54, 1.807) is 0 Å². The molecule has 0 saturated heterocycles. The number of anilines is 1. The van der Waals surface area contributed by atoms with Crippen molar-refractivity contribution in [3.05, 3.63) is 29.8 Å². The van der Waals surface area contributed by atoms with Crippen molar-refractivity contribution in [2.75, 3.05) is 25.9 Å². The smallest absolute Gasteiger partial charge is 0.166 e. The fourth-order valence-corrected chi connectivity index (χ4v) is 3.09. The number of benzene rings is 1. The van der Waals surface area contributed by atoms with Gasteiger partial charge in [-0.25, -0.2) is 4.98 Å². The Kier molecular flexibility index (Phi) is 7.91. The summed E-state index contributed by atoms with van der Waals surface area (Å²) in [4.78, 5) is 6.98. The van der Waals surface area contributed by atoms with Gasteiger partial charge in [0.05, 0.1) is 12.1 Å². The number of aryl methyl sites for hydroxylation is 1. The van der Waals surface area contributed by atoms with Gasteiger partial charge < -0.3 is 15.4 Å². The van der Waals surface area contributed by atoms with Crippen molar-refractivity contribution >= 4 is 16.7 Å². The van der Waals surface area contributed by atoms with Gasteiger partial charge in [0.25, 0.3) is 0 Å². The maximum Gasteiger partial charge on any atom is 0.166 e. The van der Waals surface area contributed by atoms with E-state index in [-0.39, 0.29) is 5.54 Å². The molecule has 0 atom stereocenters. The molecular weight excluding hydrogens is 334 g/mol. The van der Waals surface area contributed by atoms with Crippen molar-refractivity contribution in [3.63, 3.8) is 0 Å². The molecular formula is C23H37N3O. The van der Waals surface area contributed by atoms with Gasteiger partial charge in [0, 0.05) is 10.9 Å². The predicted molar refractivity (Wildman–Crippen MR) is 116 cm³/mol. The van der Waals surface area contributed by atoms with Gasteiger partial charge in [-0.3, -0.25) is 0 Å². The fourth-order valence-electron chi connectivity index (χ4n) is 3.09. The minimum atomic E-state index is 0.245. The van der Waals surface area contributed by atoms with E-state index in [1.165, 1.54) is 30.2 Å². The maximum atomic E-state index is 6.08. The van der Waals surface area contributed by atoms with Gasteiger partial charge in [0.15, 0.2) is 11.6 Å². The van der Waals surface area contributed by atoms with Crippen molar-refractivity contribution in [1.29, 1.82) is 0 Å². The number of hydrogen-bond acceptors (Lipinski definition) is 4. The first-order valence-electron chi connectivity index (χ1n) is 10.3. The second-order valence-electron chi connectivity index (χ2n) is 8.46. The minimum Gasteiger partial charge on any atom is -0.490 e. The number of ether oxygens (including phenoxy) is 1. The Morgan fingerprint density at radius 3 is 2.59 bits per heavy atom. The molecule has 0 aliphatic heterocycles. The maximum absolute atomic E-state index is 6.08. The standard InChI is InChI=1S/C23H37N3O/c1-6-7-16-27-21-17-19-18(13-11-14-20(19)25-22(21)24)12-9-8-10-15-26(5)23(2,3)4/h11,13-14,17H,6-10,12,15-16H2,1-5H3,(H2,24,25). The van der Waals surface area contributed by atoms with E-state index < -0.39 is 0 Å². The lowest BCUT2D eigenvalue weighted by molar-refractivity contribution is 0.172. The zero-order valence-electron chi connectivity index (χ0n) is 17.8. The highest BCUT2D eigenvalue weighted by Crippen LogP contribution is 2.28. The molecule has 0 aliphatic rings. The summed E-state index contributed by atoms with van der Waals surface area (Å²) < 4.78 is 5.85. The second kappa shape index (κ2) is 9.93. The van der Waals surface area contributed by atoms with Crippen molar-refractivity contribution in [1.82, 2.24) is 9.88 Å². The first kappa shape index (κ1) is 21.5. The van der Waals surface area contributed by atoms with Crippen molar-refractivity contribution in [2.24, 2.45) is 0 Å². The van der Waals surface area contributed by atoms with E-state index in [0.29, 0.717) is 12.4 Å². The molecule has 4 nitrogen and oxygen atoms in total. The van der Waals surface area contributed by atoms with Crippen LogP contribution in [0.3, 0.4) is 0 Å². The largest absolute Gasteiger partial charge is 0.490 e. The van der Waals surface area contributed by atoms with E-state index in [4.69, 9.17) is 10.5 Å². The lowest BCUT2D eigenvalue weighted by atomic mass is 10.0. The van der Waals surface area contributed by atoms with Crippen LogP contribution < -0.4 is 10.5 Å². The molecule has 2 aromatic rings. The molecule has 0 radical (unpaired) electrons. The Hall–Kier alpha value is -1.81. The average Bonchev–Trinajstić information content (AvgIpc) is 2.61. The lowest BCUT2D eigenvalue weighted by Crippen LogP contribution is -2.38. The van der Waals surface area contributed by atoms with Crippen molar-refractivity contribution in [3.8, 4) is 5.75 Å². The van der Waals surface area contributed by atoms with Crippen LogP contribution in [0.25, 0.3) is 10.9 Å². The van der Waals surface area contributed by atoms with E-state index in [9.17, 15) is 0 Å². The molecule has 0 bridgehead atoms. The highest BCUT2D eigenvalue weighted by atomic mass is 16.5. The van der Waals surface area contributed by atoms with Gasteiger partial charge >= 0.3 is 0 Å². The number of hydrogen-bond donors (Lipinski definition) is 1. The van der Waals surface area contributed by atoms with E-state index in [1.807, 2.05) is 6.07 Å². The Bertz CT molecular complexity index is 721. The fraction of sp³-hybridized carbons (Fsp3) is 0.609. The summed E-state index contributed by atoms with van der Waals surface area (Å²) in [5, 5.41) is 1.17. The zero-order chi connectivity index (χ0) is 19.9. The molecule has 0 aliphatic carbocycles. The number of nitrogens with zero attached hydrogens (tertiary/aromatic N) is 2. The summed E-state index contributed by atoms with van der Waals surface area (Å²) in [6.45, 7) is 10.8. The summed E-state index contributed by atoms with van der Waals surface area (Å²) in [6, 6.07) is 8.39. The summed E-state index contributed by atoms with van der Waals surface area (Å²) >= 11 is 0. The van der Waals surface area contributed by atoms with Crippen LogP contribution in [0.15, 0.2) is 24.3 Å². The monoisotopic (exact) mass is 371 g/mol. The van der Waals surface area contributed by atoms with Crippen LogP contribution in [0, 0.1) is 0 Å². The summed E-state index contributed by atoms with van der Waals surface area (Å²) in [5.41, 5.74) is 8.62. The average molecular weight is 372 g/mol. The number of nitrogens with two attached hydrogens (primary N) is 1. The van der Waals surface area contributed by atoms with E-state index in [0.717, 1.165) is 37.1 Å². The quantitative estimate of drug-likeness (QED) is 0.565. The topological polar surface area (TPSA) is 51.4 Å². The van der Waals surface area contributed by atoms with Crippen LogP contribution in [-0.4, -0.2) is 35.6 Å². The first-order valence-corrected chi connectivity index (χ1v) is 10.3. The Morgan fingerprint density at radius 1 is 1.11 bits per heavy atom. The van der Waals surface area contributed by atoms with Crippen molar-refractivity contribution in [2.45, 2.75) is 71.8 Å². The SMILES string of the molecule is CCCCOc1cc2c(CCCCCN(C)C(C)(C)C)cccc2nc1N. The number of fused-ring (bicyclic) bond motifs is 1. The summed E-state index contributed by atoms with van der Waals surface area (Å²) in [5.74, 6) is 1.20. The molecule has 0 fully saturated rings. The number of rotatable bonds is 10. The highest BCUT2D eigenvalue weighted by molar-refractivity contribution is 5.85. The van der Waals surface area contributed by atoms with Crippen LogP contribution in [0.2, 0.25) is 0 Å². The van der Waals surface area contributed by atoms with Gasteiger partial charge in [-0.15, -0.1) is 0 Å². The van der Waals surface area contributed by atoms with Crippen molar-refractivity contribution < 1.29 is 4.74 Å².